The second kappa shape index (κ2) is 4.99. The fourth-order valence-electron chi connectivity index (χ4n) is 2.90. The average Bonchev–Trinajstić information content (AvgIpc) is 3.08. The molecular formula is C16H22ClNO. The molecule has 1 atom stereocenters. The summed E-state index contributed by atoms with van der Waals surface area (Å²) in [6.45, 7) is 6.24. The summed E-state index contributed by atoms with van der Waals surface area (Å²) in [4.78, 5) is 0. The molecule has 1 N–H and O–H groups in total. The van der Waals surface area contributed by atoms with E-state index in [-0.39, 0.29) is 5.54 Å². The predicted molar refractivity (Wildman–Crippen MR) is 79.0 cm³/mol. The third-order valence-corrected chi connectivity index (χ3v) is 4.59. The maximum atomic E-state index is 6.43. The van der Waals surface area contributed by atoms with E-state index in [1.807, 2.05) is 6.07 Å². The normalized spacial score (nSPS) is 26.7. The lowest BCUT2D eigenvalue weighted by Gasteiger charge is -2.28. The van der Waals surface area contributed by atoms with Gasteiger partial charge in [-0.2, -0.15) is 0 Å². The maximum absolute atomic E-state index is 6.43. The number of benzene rings is 1. The Morgan fingerprint density at radius 2 is 2.21 bits per heavy atom. The maximum Gasteiger partial charge on any atom is 0.142 e. The van der Waals surface area contributed by atoms with Gasteiger partial charge in [0.1, 0.15) is 5.75 Å². The summed E-state index contributed by atoms with van der Waals surface area (Å²) in [6, 6.07) is 4.23. The van der Waals surface area contributed by atoms with Crippen LogP contribution >= 0.6 is 11.6 Å². The molecule has 0 bridgehead atoms. The lowest BCUT2D eigenvalue weighted by atomic mass is 9.88. The SMILES string of the molecule is Cc1cc(Cl)c(OCC2CC2)c(C2(C)CCCN2)c1. The molecule has 3 rings (SSSR count). The van der Waals surface area contributed by atoms with Gasteiger partial charge in [0.2, 0.25) is 0 Å². The Morgan fingerprint density at radius 3 is 2.84 bits per heavy atom. The van der Waals surface area contributed by atoms with Gasteiger partial charge in [-0.15, -0.1) is 0 Å². The molecule has 0 radical (unpaired) electrons. The van der Waals surface area contributed by atoms with Gasteiger partial charge in [-0.05, 0) is 63.6 Å². The van der Waals surface area contributed by atoms with E-state index in [4.69, 9.17) is 16.3 Å². The third-order valence-electron chi connectivity index (χ3n) is 4.31. The van der Waals surface area contributed by atoms with Crippen molar-refractivity contribution in [2.75, 3.05) is 13.2 Å². The minimum atomic E-state index is 0.00848. The lowest BCUT2D eigenvalue weighted by molar-refractivity contribution is 0.286. The molecule has 1 saturated heterocycles. The zero-order valence-electron chi connectivity index (χ0n) is 11.8. The van der Waals surface area contributed by atoms with Crippen molar-refractivity contribution in [2.24, 2.45) is 5.92 Å². The highest BCUT2D eigenvalue weighted by atomic mass is 35.5. The van der Waals surface area contributed by atoms with Gasteiger partial charge < -0.3 is 10.1 Å². The van der Waals surface area contributed by atoms with Crippen LogP contribution in [0.3, 0.4) is 0 Å². The first kappa shape index (κ1) is 13.3. The van der Waals surface area contributed by atoms with Crippen LogP contribution in [0, 0.1) is 12.8 Å². The summed E-state index contributed by atoms with van der Waals surface area (Å²) in [7, 11) is 0. The molecular weight excluding hydrogens is 258 g/mol. The lowest BCUT2D eigenvalue weighted by Crippen LogP contribution is -2.33. The number of halogens is 1. The van der Waals surface area contributed by atoms with Crippen molar-refractivity contribution in [2.45, 2.75) is 45.1 Å². The monoisotopic (exact) mass is 279 g/mol. The molecule has 2 aliphatic rings. The van der Waals surface area contributed by atoms with E-state index in [0.717, 1.165) is 36.3 Å². The van der Waals surface area contributed by atoms with Gasteiger partial charge in [-0.25, -0.2) is 0 Å². The first-order valence-corrected chi connectivity index (χ1v) is 7.65. The van der Waals surface area contributed by atoms with Crippen molar-refractivity contribution in [3.8, 4) is 5.75 Å². The molecule has 104 valence electrons. The number of ether oxygens (including phenoxy) is 1. The van der Waals surface area contributed by atoms with E-state index < -0.39 is 0 Å². The van der Waals surface area contributed by atoms with E-state index in [9.17, 15) is 0 Å². The van der Waals surface area contributed by atoms with Crippen LogP contribution in [-0.4, -0.2) is 13.2 Å². The molecule has 1 aromatic carbocycles. The number of aryl methyl sites for hydroxylation is 1. The van der Waals surface area contributed by atoms with Crippen molar-refractivity contribution in [3.63, 3.8) is 0 Å². The molecule has 1 heterocycles. The third kappa shape index (κ3) is 2.75. The Labute approximate surface area is 120 Å². The molecule has 1 aliphatic heterocycles. The van der Waals surface area contributed by atoms with Gasteiger partial charge in [0.25, 0.3) is 0 Å². The van der Waals surface area contributed by atoms with Crippen LogP contribution in [0.5, 0.6) is 5.75 Å². The molecule has 2 fully saturated rings. The zero-order valence-corrected chi connectivity index (χ0v) is 12.5. The Morgan fingerprint density at radius 1 is 1.42 bits per heavy atom. The summed E-state index contributed by atoms with van der Waals surface area (Å²) in [5, 5.41) is 4.36. The Balaban J connectivity index is 1.94. The summed E-state index contributed by atoms with van der Waals surface area (Å²) >= 11 is 6.43. The van der Waals surface area contributed by atoms with Crippen molar-refractivity contribution in [3.05, 3.63) is 28.3 Å². The fraction of sp³-hybridized carbons (Fsp3) is 0.625. The molecule has 2 nitrogen and oxygen atoms in total. The number of rotatable bonds is 4. The van der Waals surface area contributed by atoms with Gasteiger partial charge in [0.15, 0.2) is 0 Å². The van der Waals surface area contributed by atoms with Crippen LogP contribution in [0.4, 0.5) is 0 Å². The zero-order chi connectivity index (χ0) is 13.5. The molecule has 1 aliphatic carbocycles. The van der Waals surface area contributed by atoms with Gasteiger partial charge in [-0.3, -0.25) is 0 Å². The van der Waals surface area contributed by atoms with Crippen LogP contribution in [0.2, 0.25) is 5.02 Å². The van der Waals surface area contributed by atoms with Crippen molar-refractivity contribution in [1.82, 2.24) is 5.32 Å². The minimum Gasteiger partial charge on any atom is -0.491 e. The van der Waals surface area contributed by atoms with Crippen LogP contribution < -0.4 is 10.1 Å². The van der Waals surface area contributed by atoms with Crippen molar-refractivity contribution in [1.29, 1.82) is 0 Å². The first-order valence-electron chi connectivity index (χ1n) is 7.27. The fourth-order valence-corrected chi connectivity index (χ4v) is 3.22. The van der Waals surface area contributed by atoms with E-state index in [2.05, 4.69) is 25.2 Å². The second-order valence-corrected chi connectivity index (χ2v) is 6.65. The highest BCUT2D eigenvalue weighted by molar-refractivity contribution is 6.32. The Bertz CT molecular complexity index is 476. The predicted octanol–water partition coefficient (Wildman–Crippen LogP) is 4.04. The van der Waals surface area contributed by atoms with E-state index in [0.29, 0.717) is 0 Å². The van der Waals surface area contributed by atoms with Crippen LogP contribution in [0.25, 0.3) is 0 Å². The second-order valence-electron chi connectivity index (χ2n) is 6.24. The first-order chi connectivity index (χ1) is 9.08. The largest absolute Gasteiger partial charge is 0.491 e. The molecule has 1 unspecified atom stereocenters. The molecule has 19 heavy (non-hydrogen) atoms. The van der Waals surface area contributed by atoms with Gasteiger partial charge in [0, 0.05) is 11.1 Å². The number of hydrogen-bond donors (Lipinski definition) is 1. The Kier molecular flexibility index (Phi) is 3.48. The average molecular weight is 280 g/mol. The molecule has 1 saturated carbocycles. The molecule has 0 amide bonds. The number of hydrogen-bond acceptors (Lipinski definition) is 2. The van der Waals surface area contributed by atoms with Gasteiger partial charge in [0.05, 0.1) is 11.6 Å². The van der Waals surface area contributed by atoms with Crippen LogP contribution in [0.1, 0.15) is 43.7 Å². The van der Waals surface area contributed by atoms with Gasteiger partial charge >= 0.3 is 0 Å². The minimum absolute atomic E-state index is 0.00848. The summed E-state index contributed by atoms with van der Waals surface area (Å²) in [5.74, 6) is 1.64. The topological polar surface area (TPSA) is 21.3 Å². The Hall–Kier alpha value is -0.730. The van der Waals surface area contributed by atoms with Gasteiger partial charge in [-0.1, -0.05) is 17.7 Å². The molecule has 0 aromatic heterocycles. The smallest absolute Gasteiger partial charge is 0.142 e. The molecule has 3 heteroatoms. The highest BCUT2D eigenvalue weighted by Crippen LogP contribution is 2.42. The quantitative estimate of drug-likeness (QED) is 0.898. The molecule has 0 spiro atoms. The molecule has 1 aromatic rings. The summed E-state index contributed by atoms with van der Waals surface area (Å²) in [6.07, 6.45) is 4.96. The van der Waals surface area contributed by atoms with E-state index in [1.165, 1.54) is 30.4 Å². The van der Waals surface area contributed by atoms with Crippen molar-refractivity contribution >= 4 is 11.6 Å². The summed E-state index contributed by atoms with van der Waals surface area (Å²) < 4.78 is 6.05. The standard InChI is InChI=1S/C16H22ClNO/c1-11-8-13(16(2)6-3-7-18-16)15(14(17)9-11)19-10-12-4-5-12/h8-9,12,18H,3-7,10H2,1-2H3. The van der Waals surface area contributed by atoms with E-state index >= 15 is 0 Å². The number of nitrogens with one attached hydrogen (secondary N) is 1. The van der Waals surface area contributed by atoms with Crippen LogP contribution in [-0.2, 0) is 5.54 Å². The summed E-state index contributed by atoms with van der Waals surface area (Å²) in [5.41, 5.74) is 2.44. The van der Waals surface area contributed by atoms with E-state index in [1.54, 1.807) is 0 Å². The highest BCUT2D eigenvalue weighted by Gasteiger charge is 2.34. The van der Waals surface area contributed by atoms with Crippen LogP contribution in [0.15, 0.2) is 12.1 Å². The van der Waals surface area contributed by atoms with Crippen molar-refractivity contribution < 1.29 is 4.74 Å².